The Morgan fingerprint density at radius 3 is 2.36 bits per heavy atom. The predicted molar refractivity (Wildman–Crippen MR) is 141 cm³/mol. The first-order valence-corrected chi connectivity index (χ1v) is 11.8. The normalized spacial score (nSPS) is 12.8. The molecule has 1 unspecified atom stereocenters. The summed E-state index contributed by atoms with van der Waals surface area (Å²) in [7, 11) is 1.62. The van der Waals surface area contributed by atoms with Crippen LogP contribution in [0.25, 0.3) is 10.9 Å². The Kier molecular flexibility index (Phi) is 8.34. The van der Waals surface area contributed by atoms with Gasteiger partial charge in [0.1, 0.15) is 17.7 Å². The van der Waals surface area contributed by atoms with Gasteiger partial charge < -0.3 is 10.6 Å². The molecule has 1 heterocycles. The summed E-state index contributed by atoms with van der Waals surface area (Å²) in [4.78, 5) is 34.9. The molecule has 9 heteroatoms. The first-order chi connectivity index (χ1) is 17.0. The minimum absolute atomic E-state index is 0.151. The molecular formula is C27H33FN6O2. The zero-order valence-corrected chi connectivity index (χ0v) is 21.6. The van der Waals surface area contributed by atoms with E-state index in [1.165, 1.54) is 12.1 Å². The summed E-state index contributed by atoms with van der Waals surface area (Å²) in [6.45, 7) is 9.87. The Morgan fingerprint density at radius 1 is 1.08 bits per heavy atom. The SMILES string of the molecule is CN=C(CNC(=O)C(NC(=O)c1nn(Cc2ccc(F)cc2)c2ccccc12)C(C)(C)C)N=C(C)C. The molecule has 2 N–H and O–H groups in total. The largest absolute Gasteiger partial charge is 0.347 e. The predicted octanol–water partition coefficient (Wildman–Crippen LogP) is 3.99. The Bertz CT molecular complexity index is 1300. The number of carbonyl (C=O) groups excluding carboxylic acids is 2. The topological polar surface area (TPSA) is 101 Å². The fourth-order valence-electron chi connectivity index (χ4n) is 3.75. The molecule has 0 radical (unpaired) electrons. The molecule has 2 aromatic carbocycles. The van der Waals surface area contributed by atoms with Crippen LogP contribution in [-0.2, 0) is 11.3 Å². The van der Waals surface area contributed by atoms with Crippen molar-refractivity contribution >= 4 is 34.3 Å². The monoisotopic (exact) mass is 492 g/mol. The molecule has 0 saturated heterocycles. The number of hydrogen-bond acceptors (Lipinski definition) is 4. The maximum atomic E-state index is 13.4. The van der Waals surface area contributed by atoms with Gasteiger partial charge in [-0.25, -0.2) is 9.38 Å². The number of aliphatic imine (C=N–C) groups is 2. The van der Waals surface area contributed by atoms with Crippen molar-refractivity contribution < 1.29 is 14.0 Å². The molecule has 0 fully saturated rings. The van der Waals surface area contributed by atoms with Gasteiger partial charge in [0.2, 0.25) is 5.91 Å². The third kappa shape index (κ3) is 6.62. The molecule has 1 aromatic heterocycles. The van der Waals surface area contributed by atoms with Gasteiger partial charge in [-0.1, -0.05) is 51.1 Å². The number of fused-ring (bicyclic) bond motifs is 1. The summed E-state index contributed by atoms with van der Waals surface area (Å²) in [5.74, 6) is -0.612. The van der Waals surface area contributed by atoms with Crippen molar-refractivity contribution in [3.8, 4) is 0 Å². The summed E-state index contributed by atoms with van der Waals surface area (Å²) in [6.07, 6.45) is 0. The molecule has 1 atom stereocenters. The summed E-state index contributed by atoms with van der Waals surface area (Å²) in [6, 6.07) is 12.7. The van der Waals surface area contributed by atoms with Crippen molar-refractivity contribution in [2.24, 2.45) is 15.4 Å². The van der Waals surface area contributed by atoms with Gasteiger partial charge in [-0.15, -0.1) is 0 Å². The summed E-state index contributed by atoms with van der Waals surface area (Å²) in [5.41, 5.74) is 2.09. The lowest BCUT2D eigenvalue weighted by Crippen LogP contribution is -2.54. The van der Waals surface area contributed by atoms with Crippen molar-refractivity contribution in [2.45, 2.75) is 47.2 Å². The molecular weight excluding hydrogens is 459 g/mol. The van der Waals surface area contributed by atoms with Crippen LogP contribution in [0.4, 0.5) is 4.39 Å². The third-order valence-corrected chi connectivity index (χ3v) is 5.55. The summed E-state index contributed by atoms with van der Waals surface area (Å²) < 4.78 is 15.0. The standard InChI is InChI=1S/C27H33FN6O2/c1-17(2)31-22(29-6)15-30-26(36)24(27(3,4)5)32-25(35)23-20-9-7-8-10-21(20)34(33-23)16-18-11-13-19(28)14-12-18/h7-14,24H,15-16H2,1-6H3,(H,30,36)(H,32,35). The maximum absolute atomic E-state index is 13.4. The Hall–Kier alpha value is -3.88. The van der Waals surface area contributed by atoms with Crippen LogP contribution in [0.15, 0.2) is 58.5 Å². The Balaban J connectivity index is 1.85. The van der Waals surface area contributed by atoms with Crippen molar-refractivity contribution in [1.82, 2.24) is 20.4 Å². The molecule has 0 bridgehead atoms. The number of benzene rings is 2. The van der Waals surface area contributed by atoms with Gasteiger partial charge in [0.05, 0.1) is 18.6 Å². The number of hydrogen-bond donors (Lipinski definition) is 2. The number of amides is 2. The summed E-state index contributed by atoms with van der Waals surface area (Å²) >= 11 is 0. The van der Waals surface area contributed by atoms with E-state index in [1.807, 2.05) is 58.9 Å². The molecule has 190 valence electrons. The molecule has 3 rings (SSSR count). The molecule has 0 aliphatic heterocycles. The lowest BCUT2D eigenvalue weighted by molar-refractivity contribution is -0.125. The van der Waals surface area contributed by atoms with E-state index in [1.54, 1.807) is 23.9 Å². The number of nitrogens with one attached hydrogen (secondary N) is 2. The van der Waals surface area contributed by atoms with Gasteiger partial charge in [0, 0.05) is 18.1 Å². The highest BCUT2D eigenvalue weighted by Crippen LogP contribution is 2.23. The molecule has 3 aromatic rings. The van der Waals surface area contributed by atoms with E-state index in [4.69, 9.17) is 0 Å². The zero-order valence-electron chi connectivity index (χ0n) is 21.6. The van der Waals surface area contributed by atoms with Crippen LogP contribution in [0.5, 0.6) is 0 Å². The van der Waals surface area contributed by atoms with Crippen LogP contribution in [0.1, 0.15) is 50.7 Å². The zero-order chi connectivity index (χ0) is 26.5. The lowest BCUT2D eigenvalue weighted by Gasteiger charge is -2.30. The highest BCUT2D eigenvalue weighted by atomic mass is 19.1. The van der Waals surface area contributed by atoms with E-state index in [0.29, 0.717) is 17.8 Å². The fourth-order valence-corrected chi connectivity index (χ4v) is 3.75. The van der Waals surface area contributed by atoms with E-state index in [0.717, 1.165) is 16.8 Å². The minimum atomic E-state index is -0.823. The second-order valence-corrected chi connectivity index (χ2v) is 9.84. The van der Waals surface area contributed by atoms with E-state index >= 15 is 0 Å². The van der Waals surface area contributed by atoms with Gasteiger partial charge in [0.25, 0.3) is 5.91 Å². The highest BCUT2D eigenvalue weighted by molar-refractivity contribution is 6.06. The van der Waals surface area contributed by atoms with E-state index in [9.17, 15) is 14.0 Å². The van der Waals surface area contributed by atoms with E-state index < -0.39 is 17.4 Å². The summed E-state index contributed by atoms with van der Waals surface area (Å²) in [5, 5.41) is 10.9. The highest BCUT2D eigenvalue weighted by Gasteiger charge is 2.34. The molecule has 0 aliphatic carbocycles. The van der Waals surface area contributed by atoms with Gasteiger partial charge in [0.15, 0.2) is 5.69 Å². The Labute approximate surface area is 210 Å². The van der Waals surface area contributed by atoms with E-state index in [-0.39, 0.29) is 24.0 Å². The number of aromatic nitrogens is 2. The lowest BCUT2D eigenvalue weighted by atomic mass is 9.86. The van der Waals surface area contributed by atoms with Crippen LogP contribution < -0.4 is 10.6 Å². The smallest absolute Gasteiger partial charge is 0.273 e. The number of amidine groups is 1. The number of carbonyl (C=O) groups is 2. The second kappa shape index (κ2) is 11.2. The van der Waals surface area contributed by atoms with Crippen LogP contribution >= 0.6 is 0 Å². The van der Waals surface area contributed by atoms with Crippen molar-refractivity contribution in [3.05, 3.63) is 65.6 Å². The maximum Gasteiger partial charge on any atom is 0.273 e. The minimum Gasteiger partial charge on any atom is -0.347 e. The van der Waals surface area contributed by atoms with Crippen molar-refractivity contribution in [3.63, 3.8) is 0 Å². The molecule has 36 heavy (non-hydrogen) atoms. The first-order valence-electron chi connectivity index (χ1n) is 11.8. The average molecular weight is 493 g/mol. The average Bonchev–Trinajstić information content (AvgIpc) is 3.19. The molecule has 8 nitrogen and oxygen atoms in total. The fraction of sp³-hybridized carbons (Fsp3) is 0.370. The number of nitrogens with zero attached hydrogens (tertiary/aromatic N) is 4. The van der Waals surface area contributed by atoms with Gasteiger partial charge >= 0.3 is 0 Å². The van der Waals surface area contributed by atoms with Crippen LogP contribution in [0, 0.1) is 11.2 Å². The molecule has 2 amide bonds. The number of para-hydroxylation sites is 1. The van der Waals surface area contributed by atoms with Gasteiger partial charge in [-0.3, -0.25) is 19.3 Å². The Morgan fingerprint density at radius 2 is 1.75 bits per heavy atom. The van der Waals surface area contributed by atoms with Crippen molar-refractivity contribution in [2.75, 3.05) is 13.6 Å². The van der Waals surface area contributed by atoms with Crippen LogP contribution in [0.2, 0.25) is 0 Å². The molecule has 0 aliphatic rings. The van der Waals surface area contributed by atoms with E-state index in [2.05, 4.69) is 25.7 Å². The van der Waals surface area contributed by atoms with Gasteiger partial charge in [-0.2, -0.15) is 5.10 Å². The quantitative estimate of drug-likeness (QED) is 0.385. The van der Waals surface area contributed by atoms with Crippen LogP contribution in [-0.4, -0.2) is 52.8 Å². The number of rotatable bonds is 7. The second-order valence-electron chi connectivity index (χ2n) is 9.84. The molecule has 0 saturated carbocycles. The number of halogens is 1. The first kappa shape index (κ1) is 26.7. The van der Waals surface area contributed by atoms with Crippen LogP contribution in [0.3, 0.4) is 0 Å². The third-order valence-electron chi connectivity index (χ3n) is 5.55. The molecule has 0 spiro atoms. The van der Waals surface area contributed by atoms with Crippen molar-refractivity contribution in [1.29, 1.82) is 0 Å². The van der Waals surface area contributed by atoms with Gasteiger partial charge in [-0.05, 0) is 43.0 Å².